The molecule has 3 N–H and O–H groups in total. The zero-order valence-corrected chi connectivity index (χ0v) is 7.19. The first-order valence-electron chi connectivity index (χ1n) is 3.73. The molecule has 1 aromatic rings. The minimum atomic E-state index is -4.64. The van der Waals surface area contributed by atoms with Gasteiger partial charge in [0.15, 0.2) is 0 Å². The molecule has 0 unspecified atom stereocenters. The molecule has 0 bridgehead atoms. The Morgan fingerprint density at radius 3 is 2.20 bits per heavy atom. The van der Waals surface area contributed by atoms with Crippen LogP contribution in [0.15, 0.2) is 18.2 Å². The first-order valence-corrected chi connectivity index (χ1v) is 3.73. The lowest BCUT2D eigenvalue weighted by atomic mass is 10.1. The van der Waals surface area contributed by atoms with Crippen molar-refractivity contribution in [1.29, 1.82) is 0 Å². The van der Waals surface area contributed by atoms with E-state index in [2.05, 4.69) is 4.65 Å². The lowest BCUT2D eigenvalue weighted by Gasteiger charge is -2.10. The summed E-state index contributed by atoms with van der Waals surface area (Å²) in [5.74, 6) is -1.17. The molecule has 0 aliphatic heterocycles. The molecule has 0 aliphatic carbocycles. The van der Waals surface area contributed by atoms with E-state index in [-0.39, 0.29) is 0 Å². The van der Waals surface area contributed by atoms with Crippen molar-refractivity contribution in [3.63, 3.8) is 0 Å². The van der Waals surface area contributed by atoms with Crippen molar-refractivity contribution in [2.24, 2.45) is 0 Å². The summed E-state index contributed by atoms with van der Waals surface area (Å²) in [5, 5.41) is 25.6. The Morgan fingerprint density at radius 1 is 1.13 bits per heavy atom. The van der Waals surface area contributed by atoms with E-state index in [4.69, 9.17) is 15.2 Å². The molecular weight excluding hydrogens is 216 g/mol. The average molecular weight is 222 g/mol. The summed E-state index contributed by atoms with van der Waals surface area (Å²) in [6.07, 6.45) is -4.64. The molecule has 8 heteroatoms. The number of phenols is 1. The molecule has 1 aromatic carbocycles. The molecule has 0 amide bonds. The zero-order valence-electron chi connectivity index (χ0n) is 7.19. The van der Waals surface area contributed by atoms with E-state index in [0.29, 0.717) is 12.1 Å². The monoisotopic (exact) mass is 222 g/mol. The lowest BCUT2D eigenvalue weighted by molar-refractivity contribution is -0.137. The highest BCUT2D eigenvalue weighted by Gasteiger charge is 2.31. The fourth-order valence-corrected chi connectivity index (χ4v) is 0.937. The first-order chi connectivity index (χ1) is 6.79. The van der Waals surface area contributed by atoms with Crippen LogP contribution < -0.4 is 4.65 Å². The number of rotatable bonds is 2. The second-order valence-electron chi connectivity index (χ2n) is 2.66. The minimum Gasteiger partial charge on any atom is -0.512 e. The van der Waals surface area contributed by atoms with Crippen molar-refractivity contribution in [2.75, 3.05) is 0 Å². The van der Waals surface area contributed by atoms with Gasteiger partial charge in [-0.2, -0.15) is 13.2 Å². The number of alkyl halides is 3. The smallest absolute Gasteiger partial charge is 0.512 e. The van der Waals surface area contributed by atoms with Gasteiger partial charge in [0.25, 0.3) is 0 Å². The number of halogens is 3. The molecule has 0 aromatic heterocycles. The zero-order chi connectivity index (χ0) is 11.6. The van der Waals surface area contributed by atoms with E-state index in [1.165, 1.54) is 0 Å². The molecule has 15 heavy (non-hydrogen) atoms. The fourth-order valence-electron chi connectivity index (χ4n) is 0.937. The van der Waals surface area contributed by atoms with E-state index in [1.54, 1.807) is 0 Å². The summed E-state index contributed by atoms with van der Waals surface area (Å²) in [7, 11) is -2.24. The first kappa shape index (κ1) is 11.7. The van der Waals surface area contributed by atoms with Crippen molar-refractivity contribution in [3.8, 4) is 11.5 Å². The second kappa shape index (κ2) is 3.99. The Balaban J connectivity index is 3.06. The van der Waals surface area contributed by atoms with Gasteiger partial charge >= 0.3 is 13.5 Å². The highest BCUT2D eigenvalue weighted by molar-refractivity contribution is 6.33. The van der Waals surface area contributed by atoms with Gasteiger partial charge in [0.1, 0.15) is 11.5 Å². The summed E-state index contributed by atoms with van der Waals surface area (Å²) < 4.78 is 40.8. The van der Waals surface area contributed by atoms with E-state index >= 15 is 0 Å². The van der Waals surface area contributed by atoms with Crippen LogP contribution in [0, 0.1) is 0 Å². The van der Waals surface area contributed by atoms with Crippen molar-refractivity contribution in [3.05, 3.63) is 23.8 Å². The molecule has 0 fully saturated rings. The van der Waals surface area contributed by atoms with Gasteiger partial charge in [0.05, 0.1) is 5.56 Å². The molecule has 0 atom stereocenters. The van der Waals surface area contributed by atoms with Gasteiger partial charge in [-0.1, -0.05) is 0 Å². The van der Waals surface area contributed by atoms with Gasteiger partial charge in [-0.05, 0) is 12.1 Å². The molecule has 0 radical (unpaired) electrons. The second-order valence-corrected chi connectivity index (χ2v) is 2.66. The topological polar surface area (TPSA) is 69.9 Å². The predicted molar refractivity (Wildman–Crippen MR) is 43.9 cm³/mol. The van der Waals surface area contributed by atoms with Crippen molar-refractivity contribution >= 4 is 7.32 Å². The summed E-state index contributed by atoms with van der Waals surface area (Å²) in [5.41, 5.74) is -1.14. The van der Waals surface area contributed by atoms with Crippen molar-refractivity contribution in [1.82, 2.24) is 0 Å². The number of hydrogen-bond donors (Lipinski definition) is 3. The van der Waals surface area contributed by atoms with E-state index < -0.39 is 30.6 Å². The molecular formula is C7H6BF3O4. The Hall–Kier alpha value is -1.41. The Labute approximate surface area is 82.7 Å². The van der Waals surface area contributed by atoms with Gasteiger partial charge in [-0.3, -0.25) is 0 Å². The minimum absolute atomic E-state index is 0.489. The van der Waals surface area contributed by atoms with Gasteiger partial charge in [0.2, 0.25) is 0 Å². The highest BCUT2D eigenvalue weighted by atomic mass is 19.4. The third kappa shape index (κ3) is 3.33. The van der Waals surface area contributed by atoms with Crippen LogP contribution in [-0.2, 0) is 6.18 Å². The Bertz CT molecular complexity index is 353. The van der Waals surface area contributed by atoms with Gasteiger partial charge in [-0.25, -0.2) is 0 Å². The molecule has 0 heterocycles. The maximum Gasteiger partial charge on any atom is 0.707 e. The van der Waals surface area contributed by atoms with Crippen LogP contribution in [0.3, 0.4) is 0 Å². The van der Waals surface area contributed by atoms with E-state index in [9.17, 15) is 13.2 Å². The van der Waals surface area contributed by atoms with Crippen LogP contribution in [0.25, 0.3) is 0 Å². The van der Waals surface area contributed by atoms with Crippen LogP contribution >= 0.6 is 0 Å². The molecule has 4 nitrogen and oxygen atoms in total. The third-order valence-corrected chi connectivity index (χ3v) is 1.46. The summed E-state index contributed by atoms with van der Waals surface area (Å²) >= 11 is 0. The largest absolute Gasteiger partial charge is 0.707 e. The number of benzene rings is 1. The predicted octanol–water partition coefficient (Wildman–Crippen LogP) is 0.759. The normalized spacial score (nSPS) is 11.3. The SMILES string of the molecule is OB(O)Oc1cc(O)cc(C(F)(F)F)c1. The Kier molecular flexibility index (Phi) is 3.11. The summed E-state index contributed by atoms with van der Waals surface area (Å²) in [6, 6.07) is 1.87. The van der Waals surface area contributed by atoms with Crippen LogP contribution in [0.4, 0.5) is 13.2 Å². The van der Waals surface area contributed by atoms with E-state index in [0.717, 1.165) is 6.07 Å². The molecule has 82 valence electrons. The van der Waals surface area contributed by atoms with Gasteiger partial charge in [0, 0.05) is 6.07 Å². The molecule has 0 spiro atoms. The molecule has 1 rings (SSSR count). The quantitative estimate of drug-likeness (QED) is 0.646. The van der Waals surface area contributed by atoms with Gasteiger partial charge in [-0.15, -0.1) is 0 Å². The number of hydrogen-bond acceptors (Lipinski definition) is 4. The van der Waals surface area contributed by atoms with Crippen LogP contribution in [0.5, 0.6) is 11.5 Å². The van der Waals surface area contributed by atoms with Crippen molar-refractivity contribution in [2.45, 2.75) is 6.18 Å². The van der Waals surface area contributed by atoms with Gasteiger partial charge < -0.3 is 19.8 Å². The molecule has 0 saturated heterocycles. The standard InChI is InChI=1S/C7H6BF3O4/c9-7(10,11)4-1-5(12)3-6(2-4)15-8(13)14/h1-3,12-14H. The van der Waals surface area contributed by atoms with E-state index in [1.807, 2.05) is 0 Å². The Morgan fingerprint density at radius 2 is 1.73 bits per heavy atom. The summed E-state index contributed by atoms with van der Waals surface area (Å²) in [6.45, 7) is 0. The number of aromatic hydroxyl groups is 1. The number of phenolic OH excluding ortho intramolecular Hbond substituents is 1. The van der Waals surface area contributed by atoms with Crippen LogP contribution in [-0.4, -0.2) is 22.5 Å². The lowest BCUT2D eigenvalue weighted by Crippen LogP contribution is -2.20. The summed E-state index contributed by atoms with van der Waals surface area (Å²) in [4.78, 5) is 0. The fraction of sp³-hybridized carbons (Fsp3) is 0.143. The van der Waals surface area contributed by atoms with Crippen LogP contribution in [0.1, 0.15) is 5.56 Å². The van der Waals surface area contributed by atoms with Crippen molar-refractivity contribution < 1.29 is 33.0 Å². The maximum atomic E-state index is 12.2. The molecule has 0 aliphatic rings. The third-order valence-electron chi connectivity index (χ3n) is 1.46. The molecule has 0 saturated carbocycles. The maximum absolute atomic E-state index is 12.2. The van der Waals surface area contributed by atoms with Crippen LogP contribution in [0.2, 0.25) is 0 Å². The highest BCUT2D eigenvalue weighted by Crippen LogP contribution is 2.34. The average Bonchev–Trinajstić information content (AvgIpc) is 1.99.